The van der Waals surface area contributed by atoms with Crippen molar-refractivity contribution in [2.24, 2.45) is 0 Å². The number of nitriles is 1. The van der Waals surface area contributed by atoms with Gasteiger partial charge in [0.1, 0.15) is 29.0 Å². The molecule has 5 heterocycles. The summed E-state index contributed by atoms with van der Waals surface area (Å²) in [6.07, 6.45) is 9.15. The summed E-state index contributed by atoms with van der Waals surface area (Å²) in [6.45, 7) is 6.05. The van der Waals surface area contributed by atoms with Crippen molar-refractivity contribution in [3.8, 4) is 22.9 Å². The lowest BCUT2D eigenvalue weighted by molar-refractivity contribution is 0.224. The third-order valence-corrected chi connectivity index (χ3v) is 6.08. The fraction of sp³-hybridized carbons (Fsp3) is 0.333. The number of aromatic nitrogens is 5. The minimum absolute atomic E-state index is 0.283. The van der Waals surface area contributed by atoms with E-state index in [0.29, 0.717) is 22.9 Å². The zero-order valence-corrected chi connectivity index (χ0v) is 18.2. The van der Waals surface area contributed by atoms with Crippen molar-refractivity contribution in [2.75, 3.05) is 13.1 Å². The number of ether oxygens (including phenoxy) is 1. The quantitative estimate of drug-likeness (QED) is 0.520. The Kier molecular flexibility index (Phi) is 5.33. The van der Waals surface area contributed by atoms with Gasteiger partial charge in [-0.2, -0.15) is 15.5 Å². The van der Waals surface area contributed by atoms with Crippen LogP contribution < -0.4 is 10.1 Å². The van der Waals surface area contributed by atoms with Gasteiger partial charge in [-0.1, -0.05) is 6.07 Å². The van der Waals surface area contributed by atoms with E-state index >= 15 is 0 Å². The summed E-state index contributed by atoms with van der Waals surface area (Å²) in [5.41, 5.74) is 5.03. The highest BCUT2D eigenvalue weighted by Crippen LogP contribution is 2.34. The van der Waals surface area contributed by atoms with E-state index in [1.165, 1.54) is 0 Å². The van der Waals surface area contributed by atoms with Crippen molar-refractivity contribution < 1.29 is 4.74 Å². The molecule has 32 heavy (non-hydrogen) atoms. The Hall–Kier alpha value is -3.70. The summed E-state index contributed by atoms with van der Waals surface area (Å²) in [5.74, 6) is 0.598. The first-order chi connectivity index (χ1) is 15.7. The van der Waals surface area contributed by atoms with E-state index in [2.05, 4.69) is 33.1 Å². The number of hydrogen-bond donors (Lipinski definition) is 1. The van der Waals surface area contributed by atoms with E-state index in [1.54, 1.807) is 16.9 Å². The summed E-state index contributed by atoms with van der Waals surface area (Å²) >= 11 is 0. The van der Waals surface area contributed by atoms with E-state index < -0.39 is 0 Å². The topological polar surface area (TPSA) is 93.1 Å². The molecule has 162 valence electrons. The molecule has 1 aliphatic rings. The number of pyridine rings is 2. The number of piperidine rings is 1. The molecule has 4 aromatic rings. The molecule has 4 aromatic heterocycles. The average molecular weight is 428 g/mol. The molecule has 5 rings (SSSR count). The second-order valence-corrected chi connectivity index (χ2v) is 8.16. The molecule has 0 saturated carbocycles. The van der Waals surface area contributed by atoms with Crippen LogP contribution in [0.5, 0.6) is 5.75 Å². The minimum atomic E-state index is -0.283. The van der Waals surface area contributed by atoms with Crippen LogP contribution in [0.1, 0.15) is 48.9 Å². The monoisotopic (exact) mass is 427 g/mol. The summed E-state index contributed by atoms with van der Waals surface area (Å²) in [6, 6.07) is 10.3. The highest BCUT2D eigenvalue weighted by molar-refractivity contribution is 5.76. The van der Waals surface area contributed by atoms with Gasteiger partial charge in [0, 0.05) is 35.8 Å². The maximum atomic E-state index is 9.59. The van der Waals surface area contributed by atoms with Crippen LogP contribution >= 0.6 is 0 Å². The molecule has 8 nitrogen and oxygen atoms in total. The van der Waals surface area contributed by atoms with Crippen molar-refractivity contribution >= 4 is 5.52 Å². The number of fused-ring (bicyclic) bond motifs is 1. The second kappa shape index (κ2) is 8.44. The molecule has 0 aromatic carbocycles. The molecule has 0 radical (unpaired) electrons. The Bertz CT molecular complexity index is 1280. The molecular formula is C24H25N7O. The van der Waals surface area contributed by atoms with Crippen LogP contribution in [-0.2, 0) is 0 Å². The van der Waals surface area contributed by atoms with Crippen LogP contribution in [0.4, 0.5) is 0 Å². The molecule has 0 amide bonds. The van der Waals surface area contributed by atoms with E-state index in [0.717, 1.165) is 48.4 Å². The van der Waals surface area contributed by atoms with E-state index in [-0.39, 0.29) is 6.10 Å². The zero-order valence-electron chi connectivity index (χ0n) is 18.2. The predicted octanol–water partition coefficient (Wildman–Crippen LogP) is 3.84. The normalized spacial score (nSPS) is 17.2. The second-order valence-electron chi connectivity index (χ2n) is 8.16. The Morgan fingerprint density at radius 1 is 1.28 bits per heavy atom. The molecule has 0 aliphatic carbocycles. The van der Waals surface area contributed by atoms with Crippen molar-refractivity contribution in [3.63, 3.8) is 0 Å². The lowest BCUT2D eigenvalue weighted by Gasteiger charge is -2.24. The van der Waals surface area contributed by atoms with Crippen LogP contribution in [0, 0.1) is 18.3 Å². The van der Waals surface area contributed by atoms with Crippen molar-refractivity contribution in [1.82, 2.24) is 29.7 Å². The van der Waals surface area contributed by atoms with E-state index in [9.17, 15) is 5.26 Å². The average Bonchev–Trinajstić information content (AvgIpc) is 3.43. The molecule has 8 heteroatoms. The van der Waals surface area contributed by atoms with Crippen LogP contribution in [0.25, 0.3) is 16.6 Å². The highest BCUT2D eigenvalue weighted by atomic mass is 16.5. The molecule has 0 bridgehead atoms. The first kappa shape index (κ1) is 20.2. The zero-order chi connectivity index (χ0) is 22.1. The third-order valence-electron chi connectivity index (χ3n) is 6.08. The van der Waals surface area contributed by atoms with Gasteiger partial charge in [0.2, 0.25) is 0 Å². The van der Waals surface area contributed by atoms with Gasteiger partial charge in [-0.3, -0.25) is 9.67 Å². The smallest absolute Gasteiger partial charge is 0.148 e. The van der Waals surface area contributed by atoms with Crippen LogP contribution in [-0.4, -0.2) is 37.5 Å². The van der Waals surface area contributed by atoms with E-state index in [4.69, 9.17) is 9.84 Å². The molecule has 1 fully saturated rings. The highest BCUT2D eigenvalue weighted by Gasteiger charge is 2.22. The lowest BCUT2D eigenvalue weighted by Crippen LogP contribution is -2.32. The first-order valence-electron chi connectivity index (χ1n) is 10.9. The van der Waals surface area contributed by atoms with Crippen molar-refractivity contribution in [2.45, 2.75) is 38.8 Å². The van der Waals surface area contributed by atoms with Crippen LogP contribution in [0.15, 0.2) is 49.1 Å². The van der Waals surface area contributed by atoms with Gasteiger partial charge in [0.05, 0.1) is 24.1 Å². The van der Waals surface area contributed by atoms with Gasteiger partial charge >= 0.3 is 0 Å². The Balaban J connectivity index is 1.57. The largest absolute Gasteiger partial charge is 0.482 e. The molecule has 1 N–H and O–H groups in total. The fourth-order valence-corrected chi connectivity index (χ4v) is 4.39. The maximum Gasteiger partial charge on any atom is 0.148 e. The van der Waals surface area contributed by atoms with Gasteiger partial charge in [-0.05, 0) is 51.4 Å². The standard InChI is InChI=1S/C24H25N7O/c1-16-21(14-29-31(16)20-6-5-8-26-13-20)18-10-23(24-19(11-25)12-28-30(24)15-18)32-17(2)22-7-3-4-9-27-22/h3-4,7,9-10,12,14-15,17,20,26H,5-6,8,13H2,1-2H3/t17-,20-/m1/s1. The fourth-order valence-electron chi connectivity index (χ4n) is 4.39. The van der Waals surface area contributed by atoms with Gasteiger partial charge in [0.25, 0.3) is 0 Å². The SMILES string of the molecule is Cc1c(-c2cc(O[C@H](C)c3ccccn3)c3c(C#N)cnn3c2)cnn1[C@@H]1CCCNC1. The van der Waals surface area contributed by atoms with Crippen LogP contribution in [0.3, 0.4) is 0 Å². The van der Waals surface area contributed by atoms with Gasteiger partial charge in [-0.15, -0.1) is 0 Å². The summed E-state index contributed by atoms with van der Waals surface area (Å²) < 4.78 is 10.2. The maximum absolute atomic E-state index is 9.59. The van der Waals surface area contributed by atoms with Crippen LogP contribution in [0.2, 0.25) is 0 Å². The van der Waals surface area contributed by atoms with Gasteiger partial charge in [0.15, 0.2) is 0 Å². The number of rotatable bonds is 5. The third kappa shape index (κ3) is 3.61. The molecule has 1 aliphatic heterocycles. The minimum Gasteiger partial charge on any atom is -0.482 e. The molecule has 0 spiro atoms. The molecule has 0 unspecified atom stereocenters. The number of hydrogen-bond acceptors (Lipinski definition) is 6. The summed E-state index contributed by atoms with van der Waals surface area (Å²) in [4.78, 5) is 4.40. The Morgan fingerprint density at radius 2 is 2.19 bits per heavy atom. The molecule has 2 atom stereocenters. The van der Waals surface area contributed by atoms with Crippen molar-refractivity contribution in [1.29, 1.82) is 5.26 Å². The number of nitrogens with zero attached hydrogens (tertiary/aromatic N) is 6. The van der Waals surface area contributed by atoms with Gasteiger partial charge < -0.3 is 10.1 Å². The summed E-state index contributed by atoms with van der Waals surface area (Å²) in [5, 5.41) is 22.1. The lowest BCUT2D eigenvalue weighted by atomic mass is 10.1. The number of nitrogens with one attached hydrogen (secondary N) is 1. The Labute approximate surface area is 186 Å². The Morgan fingerprint density at radius 3 is 2.94 bits per heavy atom. The molecular weight excluding hydrogens is 402 g/mol. The first-order valence-corrected chi connectivity index (χ1v) is 10.9. The predicted molar refractivity (Wildman–Crippen MR) is 120 cm³/mol. The van der Waals surface area contributed by atoms with Crippen molar-refractivity contribution in [3.05, 3.63) is 66.0 Å². The van der Waals surface area contributed by atoms with Gasteiger partial charge in [-0.25, -0.2) is 4.52 Å². The van der Waals surface area contributed by atoms with E-state index in [1.807, 2.05) is 43.6 Å². The molecule has 1 saturated heterocycles. The summed E-state index contributed by atoms with van der Waals surface area (Å²) in [7, 11) is 0.